The van der Waals surface area contributed by atoms with Crippen LogP contribution in [0.5, 0.6) is 0 Å². The summed E-state index contributed by atoms with van der Waals surface area (Å²) in [4.78, 5) is 10.8. The van der Waals surface area contributed by atoms with Gasteiger partial charge in [-0.25, -0.2) is 9.18 Å². The molecule has 0 aliphatic rings. The molecule has 1 aromatic rings. The molecule has 5 heteroatoms. The molecule has 0 heterocycles. The first-order valence-electron chi connectivity index (χ1n) is 5.45. The molecule has 1 unspecified atom stereocenters. The van der Waals surface area contributed by atoms with E-state index in [1.54, 1.807) is 0 Å². The Kier molecular flexibility index (Phi) is 5.17. The van der Waals surface area contributed by atoms with Crippen molar-refractivity contribution in [1.82, 2.24) is 0 Å². The van der Waals surface area contributed by atoms with E-state index >= 15 is 0 Å². The van der Waals surface area contributed by atoms with Gasteiger partial charge in [-0.1, -0.05) is 19.3 Å². The third kappa shape index (κ3) is 3.23. The first-order valence-corrected chi connectivity index (χ1v) is 6.24. The predicted molar refractivity (Wildman–Crippen MR) is 72.2 cm³/mol. The molecule has 1 aromatic carbocycles. The van der Waals surface area contributed by atoms with Crippen molar-refractivity contribution in [2.24, 2.45) is 0 Å². The van der Waals surface area contributed by atoms with Gasteiger partial charge in [0.15, 0.2) is 5.82 Å². The molecule has 1 atom stereocenters. The fourth-order valence-corrected chi connectivity index (χ4v) is 2.02. The topological polar surface area (TPSA) is 49.3 Å². The lowest BCUT2D eigenvalue weighted by atomic mass is 10.1. The lowest BCUT2D eigenvalue weighted by Gasteiger charge is -2.15. The number of benzene rings is 1. The van der Waals surface area contributed by atoms with Crippen molar-refractivity contribution in [3.05, 3.63) is 28.0 Å². The van der Waals surface area contributed by atoms with Crippen LogP contribution in [-0.2, 0) is 0 Å². The fraction of sp³-hybridized carbons (Fsp3) is 0.308. The van der Waals surface area contributed by atoms with Crippen LogP contribution in [0.3, 0.4) is 0 Å². The van der Waals surface area contributed by atoms with Crippen LogP contribution < -0.4 is 5.32 Å². The van der Waals surface area contributed by atoms with Crippen LogP contribution in [0.25, 0.3) is 0 Å². The van der Waals surface area contributed by atoms with Crippen LogP contribution in [0.15, 0.2) is 16.6 Å². The van der Waals surface area contributed by atoms with Gasteiger partial charge in [0.2, 0.25) is 0 Å². The first-order chi connectivity index (χ1) is 8.51. The molecular formula is C13H13BrFNO2. The monoisotopic (exact) mass is 313 g/mol. The molecule has 0 bridgehead atoms. The minimum Gasteiger partial charge on any atom is -0.478 e. The Bertz CT molecular complexity index is 496. The van der Waals surface area contributed by atoms with E-state index in [0.29, 0.717) is 6.42 Å². The van der Waals surface area contributed by atoms with E-state index in [4.69, 9.17) is 11.5 Å². The van der Waals surface area contributed by atoms with Gasteiger partial charge in [0, 0.05) is 0 Å². The predicted octanol–water partition coefficient (Wildman–Crippen LogP) is 3.50. The Morgan fingerprint density at radius 3 is 2.83 bits per heavy atom. The highest BCUT2D eigenvalue weighted by Crippen LogP contribution is 2.27. The van der Waals surface area contributed by atoms with Crippen LogP contribution in [0.2, 0.25) is 0 Å². The van der Waals surface area contributed by atoms with Crippen LogP contribution in [0.1, 0.15) is 30.1 Å². The third-order valence-corrected chi connectivity index (χ3v) is 3.20. The zero-order valence-electron chi connectivity index (χ0n) is 9.84. The first kappa shape index (κ1) is 14.5. The number of hydrogen-bond acceptors (Lipinski definition) is 2. The Morgan fingerprint density at radius 2 is 2.33 bits per heavy atom. The summed E-state index contributed by atoms with van der Waals surface area (Å²) in [5.41, 5.74) is 0.0778. The van der Waals surface area contributed by atoms with Crippen LogP contribution >= 0.6 is 15.9 Å². The molecule has 0 radical (unpaired) electrons. The Morgan fingerprint density at radius 1 is 1.67 bits per heavy atom. The summed E-state index contributed by atoms with van der Waals surface area (Å²) in [6.45, 7) is 1.98. The maximum atomic E-state index is 13.9. The average Bonchev–Trinajstić information content (AvgIpc) is 2.33. The van der Waals surface area contributed by atoms with E-state index in [9.17, 15) is 9.18 Å². The number of halogens is 2. The SMILES string of the molecule is C#CC(CCC)Nc1ccc(C(=O)O)c(Br)c1F. The molecule has 0 aromatic heterocycles. The molecular weight excluding hydrogens is 301 g/mol. The molecule has 1 rings (SSSR count). The number of aromatic carboxylic acids is 1. The zero-order chi connectivity index (χ0) is 13.7. The smallest absolute Gasteiger partial charge is 0.336 e. The van der Waals surface area contributed by atoms with E-state index in [2.05, 4.69) is 27.2 Å². The highest BCUT2D eigenvalue weighted by molar-refractivity contribution is 9.10. The average molecular weight is 314 g/mol. The Balaban J connectivity index is 3.02. The Labute approximate surface area is 114 Å². The lowest BCUT2D eigenvalue weighted by molar-refractivity contribution is 0.0695. The molecule has 0 spiro atoms. The van der Waals surface area contributed by atoms with Crippen molar-refractivity contribution < 1.29 is 14.3 Å². The van der Waals surface area contributed by atoms with Crippen molar-refractivity contribution in [1.29, 1.82) is 0 Å². The molecule has 0 saturated heterocycles. The fourth-order valence-electron chi connectivity index (χ4n) is 1.50. The summed E-state index contributed by atoms with van der Waals surface area (Å²) in [5.74, 6) is 0.693. The number of anilines is 1. The molecule has 96 valence electrons. The molecule has 2 N–H and O–H groups in total. The summed E-state index contributed by atoms with van der Waals surface area (Å²) in [7, 11) is 0. The standard InChI is InChI=1S/C13H13BrFNO2/c1-3-5-8(4-2)16-10-7-6-9(13(17)18)11(14)12(10)15/h2,6-8,16H,3,5H2,1H3,(H,17,18). The van der Waals surface area contributed by atoms with Crippen molar-refractivity contribution in [2.75, 3.05) is 5.32 Å². The van der Waals surface area contributed by atoms with Gasteiger partial charge in [-0.15, -0.1) is 6.42 Å². The van der Waals surface area contributed by atoms with Gasteiger partial charge in [0.25, 0.3) is 0 Å². The molecule has 0 aliphatic carbocycles. The Hall–Kier alpha value is -1.54. The second-order valence-electron chi connectivity index (χ2n) is 3.75. The summed E-state index contributed by atoms with van der Waals surface area (Å²) in [6.07, 6.45) is 6.92. The highest BCUT2D eigenvalue weighted by atomic mass is 79.9. The van der Waals surface area contributed by atoms with E-state index in [1.165, 1.54) is 12.1 Å². The van der Waals surface area contributed by atoms with Crippen molar-refractivity contribution in [2.45, 2.75) is 25.8 Å². The number of carboxylic acids is 1. The minimum absolute atomic E-state index is 0.0766. The van der Waals surface area contributed by atoms with Gasteiger partial charge in [-0.05, 0) is 34.5 Å². The van der Waals surface area contributed by atoms with Crippen LogP contribution in [0.4, 0.5) is 10.1 Å². The van der Waals surface area contributed by atoms with Crippen molar-refractivity contribution >= 4 is 27.6 Å². The maximum Gasteiger partial charge on any atom is 0.336 e. The molecule has 0 fully saturated rings. The number of carboxylic acid groups (broad SMARTS) is 1. The molecule has 0 amide bonds. The van der Waals surface area contributed by atoms with Gasteiger partial charge < -0.3 is 10.4 Å². The zero-order valence-corrected chi connectivity index (χ0v) is 11.4. The van der Waals surface area contributed by atoms with Gasteiger partial charge in [-0.3, -0.25) is 0 Å². The van der Waals surface area contributed by atoms with Gasteiger partial charge >= 0.3 is 5.97 Å². The molecule has 18 heavy (non-hydrogen) atoms. The minimum atomic E-state index is -1.19. The van der Waals surface area contributed by atoms with E-state index in [0.717, 1.165) is 6.42 Å². The molecule has 0 saturated carbocycles. The normalized spacial score (nSPS) is 11.7. The van der Waals surface area contributed by atoms with E-state index in [-0.39, 0.29) is 21.8 Å². The summed E-state index contributed by atoms with van der Waals surface area (Å²) >= 11 is 2.93. The number of hydrogen-bond donors (Lipinski definition) is 2. The lowest BCUT2D eigenvalue weighted by Crippen LogP contribution is -2.18. The number of terminal acetylenes is 1. The number of carbonyl (C=O) groups is 1. The maximum absolute atomic E-state index is 13.9. The number of rotatable bonds is 5. The van der Waals surface area contributed by atoms with E-state index in [1.807, 2.05) is 6.92 Å². The molecule has 3 nitrogen and oxygen atoms in total. The highest BCUT2D eigenvalue weighted by Gasteiger charge is 2.17. The van der Waals surface area contributed by atoms with Gasteiger partial charge in [0.05, 0.1) is 21.8 Å². The second kappa shape index (κ2) is 6.41. The number of nitrogens with one attached hydrogen (secondary N) is 1. The largest absolute Gasteiger partial charge is 0.478 e. The third-order valence-electron chi connectivity index (χ3n) is 2.42. The molecule has 0 aliphatic heterocycles. The van der Waals surface area contributed by atoms with E-state index < -0.39 is 11.8 Å². The van der Waals surface area contributed by atoms with Gasteiger partial charge in [0.1, 0.15) is 0 Å². The summed E-state index contributed by atoms with van der Waals surface area (Å²) in [5, 5.41) is 11.7. The second-order valence-corrected chi connectivity index (χ2v) is 4.54. The quantitative estimate of drug-likeness (QED) is 0.818. The van der Waals surface area contributed by atoms with Crippen LogP contribution in [0, 0.1) is 18.2 Å². The summed E-state index contributed by atoms with van der Waals surface area (Å²) < 4.78 is 13.8. The van der Waals surface area contributed by atoms with Crippen molar-refractivity contribution in [3.8, 4) is 12.3 Å². The summed E-state index contributed by atoms with van der Waals surface area (Å²) in [6, 6.07) is 2.44. The van der Waals surface area contributed by atoms with Gasteiger partial charge in [-0.2, -0.15) is 0 Å². The van der Waals surface area contributed by atoms with Crippen LogP contribution in [-0.4, -0.2) is 17.1 Å². The van der Waals surface area contributed by atoms with Crippen molar-refractivity contribution in [3.63, 3.8) is 0 Å².